The quantitative estimate of drug-likeness (QED) is 0.869. The van der Waals surface area contributed by atoms with Crippen LogP contribution in [0.4, 0.5) is 0 Å². The van der Waals surface area contributed by atoms with E-state index in [4.69, 9.17) is 15.0 Å². The summed E-state index contributed by atoms with van der Waals surface area (Å²) in [6.07, 6.45) is 0.649. The van der Waals surface area contributed by atoms with Gasteiger partial charge in [-0.1, -0.05) is 29.4 Å². The molecular weight excluding hydrogens is 230 g/mol. The van der Waals surface area contributed by atoms with Crippen LogP contribution in [0.5, 0.6) is 0 Å². The molecule has 1 atom stereocenters. The van der Waals surface area contributed by atoms with Gasteiger partial charge in [0.05, 0.1) is 6.61 Å². The maximum Gasteiger partial charge on any atom is 0.245 e. The standard InChI is InChI=1S/C13H17N3O2/c1-9-5-3-4-6-10(9)7-12-15-13(18-16-12)11(14)8-17-2/h3-6,11H,7-8,14H2,1-2H3. The summed E-state index contributed by atoms with van der Waals surface area (Å²) in [5.74, 6) is 1.06. The lowest BCUT2D eigenvalue weighted by molar-refractivity contribution is 0.166. The first-order valence-electron chi connectivity index (χ1n) is 5.82. The number of aromatic nitrogens is 2. The molecule has 1 aromatic heterocycles. The molecule has 0 saturated carbocycles. The first-order chi connectivity index (χ1) is 8.70. The van der Waals surface area contributed by atoms with E-state index in [0.29, 0.717) is 24.7 Å². The molecule has 2 rings (SSSR count). The molecule has 0 aliphatic heterocycles. The fraction of sp³-hybridized carbons (Fsp3) is 0.385. The Kier molecular flexibility index (Phi) is 4.07. The Morgan fingerprint density at radius 2 is 2.17 bits per heavy atom. The second kappa shape index (κ2) is 5.75. The second-order valence-electron chi connectivity index (χ2n) is 4.21. The first kappa shape index (κ1) is 12.7. The summed E-state index contributed by atoms with van der Waals surface area (Å²) in [4.78, 5) is 4.28. The summed E-state index contributed by atoms with van der Waals surface area (Å²) in [6, 6.07) is 7.76. The van der Waals surface area contributed by atoms with Crippen LogP contribution in [0.2, 0.25) is 0 Å². The Labute approximate surface area is 106 Å². The van der Waals surface area contributed by atoms with E-state index in [0.717, 1.165) is 0 Å². The molecule has 5 heteroatoms. The minimum Gasteiger partial charge on any atom is -0.383 e. The van der Waals surface area contributed by atoms with Crippen molar-refractivity contribution in [2.24, 2.45) is 5.73 Å². The van der Waals surface area contributed by atoms with Gasteiger partial charge in [0.2, 0.25) is 5.89 Å². The Morgan fingerprint density at radius 1 is 1.39 bits per heavy atom. The van der Waals surface area contributed by atoms with Crippen molar-refractivity contribution in [3.05, 3.63) is 47.1 Å². The molecule has 2 N–H and O–H groups in total. The van der Waals surface area contributed by atoms with E-state index in [2.05, 4.69) is 29.2 Å². The summed E-state index contributed by atoms with van der Waals surface area (Å²) in [5, 5.41) is 3.93. The molecule has 0 fully saturated rings. The molecular formula is C13H17N3O2. The lowest BCUT2D eigenvalue weighted by Crippen LogP contribution is -2.16. The van der Waals surface area contributed by atoms with Crippen LogP contribution in [0.15, 0.2) is 28.8 Å². The average Bonchev–Trinajstić information content (AvgIpc) is 2.81. The monoisotopic (exact) mass is 247 g/mol. The molecule has 0 amide bonds. The minimum atomic E-state index is -0.367. The number of aryl methyl sites for hydroxylation is 1. The van der Waals surface area contributed by atoms with E-state index in [9.17, 15) is 0 Å². The predicted molar refractivity (Wildman–Crippen MR) is 67.1 cm³/mol. The summed E-state index contributed by atoms with van der Waals surface area (Å²) in [5.41, 5.74) is 8.22. The molecule has 5 nitrogen and oxygen atoms in total. The number of nitrogens with two attached hydrogens (primary N) is 1. The van der Waals surface area contributed by atoms with Gasteiger partial charge in [-0.05, 0) is 18.1 Å². The number of nitrogens with zero attached hydrogens (tertiary/aromatic N) is 2. The Balaban J connectivity index is 2.09. The van der Waals surface area contributed by atoms with Crippen molar-refractivity contribution in [3.63, 3.8) is 0 Å². The number of hydrogen-bond donors (Lipinski definition) is 1. The van der Waals surface area contributed by atoms with Crippen LogP contribution in [0.1, 0.15) is 28.9 Å². The molecule has 0 saturated heterocycles. The van der Waals surface area contributed by atoms with E-state index in [1.807, 2.05) is 12.1 Å². The smallest absolute Gasteiger partial charge is 0.245 e. The molecule has 0 bridgehead atoms. The van der Waals surface area contributed by atoms with Gasteiger partial charge in [-0.25, -0.2) is 0 Å². The summed E-state index contributed by atoms with van der Waals surface area (Å²) < 4.78 is 10.1. The normalized spacial score (nSPS) is 12.6. The second-order valence-corrected chi connectivity index (χ2v) is 4.21. The zero-order valence-electron chi connectivity index (χ0n) is 10.6. The van der Waals surface area contributed by atoms with Crippen molar-refractivity contribution in [1.29, 1.82) is 0 Å². The maximum absolute atomic E-state index is 5.82. The van der Waals surface area contributed by atoms with E-state index in [1.54, 1.807) is 7.11 Å². The van der Waals surface area contributed by atoms with Crippen LogP contribution < -0.4 is 5.73 Å². The third kappa shape index (κ3) is 2.94. The van der Waals surface area contributed by atoms with E-state index in [-0.39, 0.29) is 6.04 Å². The molecule has 1 aromatic carbocycles. The number of rotatable bonds is 5. The van der Waals surface area contributed by atoms with Gasteiger partial charge in [0.25, 0.3) is 0 Å². The highest BCUT2D eigenvalue weighted by molar-refractivity contribution is 5.27. The number of hydrogen-bond acceptors (Lipinski definition) is 5. The minimum absolute atomic E-state index is 0.367. The fourth-order valence-electron chi connectivity index (χ4n) is 1.72. The van der Waals surface area contributed by atoms with E-state index >= 15 is 0 Å². The van der Waals surface area contributed by atoms with Crippen LogP contribution >= 0.6 is 0 Å². The van der Waals surface area contributed by atoms with Crippen molar-refractivity contribution in [1.82, 2.24) is 10.1 Å². The number of benzene rings is 1. The van der Waals surface area contributed by atoms with Gasteiger partial charge < -0.3 is 15.0 Å². The van der Waals surface area contributed by atoms with Gasteiger partial charge in [0, 0.05) is 13.5 Å². The zero-order chi connectivity index (χ0) is 13.0. The van der Waals surface area contributed by atoms with Crippen LogP contribution in [-0.4, -0.2) is 23.9 Å². The molecule has 2 aromatic rings. The van der Waals surface area contributed by atoms with Crippen LogP contribution in [0.3, 0.4) is 0 Å². The Bertz CT molecular complexity index is 510. The van der Waals surface area contributed by atoms with Crippen molar-refractivity contribution in [3.8, 4) is 0 Å². The Morgan fingerprint density at radius 3 is 2.89 bits per heavy atom. The molecule has 0 aliphatic carbocycles. The molecule has 18 heavy (non-hydrogen) atoms. The Hall–Kier alpha value is -1.72. The zero-order valence-corrected chi connectivity index (χ0v) is 10.6. The van der Waals surface area contributed by atoms with Crippen molar-refractivity contribution in [2.45, 2.75) is 19.4 Å². The topological polar surface area (TPSA) is 74.2 Å². The van der Waals surface area contributed by atoms with Crippen LogP contribution in [0, 0.1) is 6.92 Å². The maximum atomic E-state index is 5.82. The van der Waals surface area contributed by atoms with Crippen LogP contribution in [-0.2, 0) is 11.2 Å². The molecule has 96 valence electrons. The summed E-state index contributed by atoms with van der Waals surface area (Å²) in [6.45, 7) is 2.43. The van der Waals surface area contributed by atoms with Crippen LogP contribution in [0.25, 0.3) is 0 Å². The largest absolute Gasteiger partial charge is 0.383 e. The number of ether oxygens (including phenoxy) is 1. The molecule has 1 unspecified atom stereocenters. The first-order valence-corrected chi connectivity index (χ1v) is 5.82. The van der Waals surface area contributed by atoms with Gasteiger partial charge in [-0.2, -0.15) is 4.98 Å². The lowest BCUT2D eigenvalue weighted by atomic mass is 10.1. The predicted octanol–water partition coefficient (Wildman–Crippen LogP) is 1.62. The molecule has 0 spiro atoms. The van der Waals surface area contributed by atoms with Gasteiger partial charge in [-0.15, -0.1) is 0 Å². The van der Waals surface area contributed by atoms with Gasteiger partial charge in [-0.3, -0.25) is 0 Å². The highest BCUT2D eigenvalue weighted by Gasteiger charge is 2.14. The highest BCUT2D eigenvalue weighted by Crippen LogP contribution is 2.13. The third-order valence-corrected chi connectivity index (χ3v) is 2.76. The van der Waals surface area contributed by atoms with E-state index < -0.39 is 0 Å². The fourth-order valence-corrected chi connectivity index (χ4v) is 1.72. The van der Waals surface area contributed by atoms with Crippen molar-refractivity contribution in [2.75, 3.05) is 13.7 Å². The van der Waals surface area contributed by atoms with Crippen molar-refractivity contribution >= 4 is 0 Å². The van der Waals surface area contributed by atoms with Crippen molar-refractivity contribution < 1.29 is 9.26 Å². The molecule has 0 radical (unpaired) electrons. The SMILES string of the molecule is COCC(N)c1nc(Cc2ccccc2C)no1. The van der Waals surface area contributed by atoms with E-state index in [1.165, 1.54) is 11.1 Å². The third-order valence-electron chi connectivity index (χ3n) is 2.76. The lowest BCUT2D eigenvalue weighted by Gasteiger charge is -2.03. The summed E-state index contributed by atoms with van der Waals surface area (Å²) >= 11 is 0. The molecule has 0 aliphatic rings. The average molecular weight is 247 g/mol. The number of methoxy groups -OCH3 is 1. The van der Waals surface area contributed by atoms with Gasteiger partial charge >= 0.3 is 0 Å². The highest BCUT2D eigenvalue weighted by atomic mass is 16.5. The molecule has 1 heterocycles. The summed E-state index contributed by atoms with van der Waals surface area (Å²) in [7, 11) is 1.59. The van der Waals surface area contributed by atoms with Gasteiger partial charge in [0.15, 0.2) is 5.82 Å². The van der Waals surface area contributed by atoms with Gasteiger partial charge in [0.1, 0.15) is 6.04 Å².